The van der Waals surface area contributed by atoms with Crippen molar-refractivity contribution >= 4 is 21.8 Å². The number of rotatable bonds is 2. The summed E-state index contributed by atoms with van der Waals surface area (Å²) in [5.41, 5.74) is 0. The lowest BCUT2D eigenvalue weighted by Gasteiger charge is -2.25. The van der Waals surface area contributed by atoms with Gasteiger partial charge >= 0.3 is 0 Å². The van der Waals surface area contributed by atoms with Crippen LogP contribution in [0.2, 0.25) is 0 Å². The molecular formula is C10H19BrN2O. The molecule has 14 heavy (non-hydrogen) atoms. The molecule has 0 aromatic rings. The second-order valence-electron chi connectivity index (χ2n) is 4.63. The van der Waals surface area contributed by atoms with Gasteiger partial charge in [0.15, 0.2) is 0 Å². The van der Waals surface area contributed by atoms with E-state index in [0.717, 1.165) is 19.5 Å². The molecular weight excluding hydrogens is 244 g/mol. The molecule has 1 unspecified atom stereocenters. The van der Waals surface area contributed by atoms with E-state index in [1.54, 1.807) is 0 Å². The molecule has 0 aliphatic carbocycles. The molecule has 3 nitrogen and oxygen atoms in total. The number of amides is 1. The standard InChI is InChI=1S/C10H19BrN2O/c1-10(2,11)9(14)13-6-5-8(7-13)12(3)4/h8H,5-7H2,1-4H3. The van der Waals surface area contributed by atoms with E-state index in [4.69, 9.17) is 0 Å². The average molecular weight is 263 g/mol. The first kappa shape index (κ1) is 12.0. The topological polar surface area (TPSA) is 23.6 Å². The van der Waals surface area contributed by atoms with Crippen molar-refractivity contribution in [3.05, 3.63) is 0 Å². The average Bonchev–Trinajstić information content (AvgIpc) is 2.48. The fourth-order valence-corrected chi connectivity index (χ4v) is 1.97. The number of carbonyl (C=O) groups is 1. The van der Waals surface area contributed by atoms with Crippen molar-refractivity contribution in [1.29, 1.82) is 0 Å². The molecule has 1 rings (SSSR count). The first-order valence-corrected chi connectivity index (χ1v) is 5.76. The lowest BCUT2D eigenvalue weighted by atomic mass is 10.2. The maximum Gasteiger partial charge on any atom is 0.238 e. The van der Waals surface area contributed by atoms with Gasteiger partial charge in [-0.05, 0) is 34.4 Å². The van der Waals surface area contributed by atoms with Gasteiger partial charge in [-0.1, -0.05) is 15.9 Å². The highest BCUT2D eigenvalue weighted by Gasteiger charge is 2.34. The zero-order chi connectivity index (χ0) is 10.9. The molecule has 1 aliphatic heterocycles. The van der Waals surface area contributed by atoms with E-state index in [-0.39, 0.29) is 5.91 Å². The highest BCUT2D eigenvalue weighted by Crippen LogP contribution is 2.23. The van der Waals surface area contributed by atoms with Crippen LogP contribution in [0.5, 0.6) is 0 Å². The summed E-state index contributed by atoms with van der Waals surface area (Å²) in [6.45, 7) is 5.55. The highest BCUT2D eigenvalue weighted by atomic mass is 79.9. The molecule has 0 radical (unpaired) electrons. The summed E-state index contributed by atoms with van der Waals surface area (Å²) in [5, 5.41) is 0. The van der Waals surface area contributed by atoms with Crippen LogP contribution < -0.4 is 0 Å². The van der Waals surface area contributed by atoms with Gasteiger partial charge in [0.25, 0.3) is 0 Å². The summed E-state index contributed by atoms with van der Waals surface area (Å²) in [6.07, 6.45) is 1.09. The molecule has 0 bridgehead atoms. The van der Waals surface area contributed by atoms with Crippen molar-refractivity contribution in [1.82, 2.24) is 9.80 Å². The van der Waals surface area contributed by atoms with Crippen LogP contribution in [0.1, 0.15) is 20.3 Å². The van der Waals surface area contributed by atoms with Crippen LogP contribution in [-0.4, -0.2) is 53.3 Å². The number of nitrogens with zero attached hydrogens (tertiary/aromatic N) is 2. The number of alkyl halides is 1. The quantitative estimate of drug-likeness (QED) is 0.701. The molecule has 1 saturated heterocycles. The molecule has 0 aromatic carbocycles. The van der Waals surface area contributed by atoms with Gasteiger partial charge in [-0.25, -0.2) is 0 Å². The van der Waals surface area contributed by atoms with Crippen LogP contribution in [0.15, 0.2) is 0 Å². The van der Waals surface area contributed by atoms with Crippen molar-refractivity contribution in [3.8, 4) is 0 Å². The predicted octanol–water partition coefficient (Wildman–Crippen LogP) is 1.32. The maximum absolute atomic E-state index is 11.9. The number of hydrogen-bond donors (Lipinski definition) is 0. The molecule has 0 spiro atoms. The Morgan fingerprint density at radius 3 is 2.43 bits per heavy atom. The molecule has 1 amide bonds. The summed E-state index contributed by atoms with van der Waals surface area (Å²) in [4.78, 5) is 16.0. The van der Waals surface area contributed by atoms with Crippen molar-refractivity contribution in [2.45, 2.75) is 30.6 Å². The zero-order valence-corrected chi connectivity index (χ0v) is 11.0. The predicted molar refractivity (Wildman–Crippen MR) is 61.7 cm³/mol. The van der Waals surface area contributed by atoms with E-state index in [1.807, 2.05) is 18.7 Å². The molecule has 0 N–H and O–H groups in total. The Kier molecular flexibility index (Phi) is 3.58. The van der Waals surface area contributed by atoms with Gasteiger partial charge in [0.05, 0.1) is 4.32 Å². The van der Waals surface area contributed by atoms with Crippen LogP contribution in [0.25, 0.3) is 0 Å². The van der Waals surface area contributed by atoms with E-state index in [0.29, 0.717) is 6.04 Å². The number of hydrogen-bond acceptors (Lipinski definition) is 2. The summed E-state index contributed by atoms with van der Waals surface area (Å²) >= 11 is 3.41. The third-order valence-electron chi connectivity index (χ3n) is 2.69. The third-order valence-corrected chi connectivity index (χ3v) is 3.03. The van der Waals surface area contributed by atoms with Gasteiger partial charge in [-0.3, -0.25) is 4.79 Å². The number of carbonyl (C=O) groups excluding carboxylic acids is 1. The second kappa shape index (κ2) is 4.19. The summed E-state index contributed by atoms with van der Waals surface area (Å²) < 4.78 is -0.422. The van der Waals surface area contributed by atoms with Crippen molar-refractivity contribution in [2.75, 3.05) is 27.2 Å². The SMILES string of the molecule is CN(C)C1CCN(C(=O)C(C)(C)Br)C1. The molecule has 1 heterocycles. The Labute approximate surface area is 94.6 Å². The van der Waals surface area contributed by atoms with Crippen LogP contribution in [0, 0.1) is 0 Å². The van der Waals surface area contributed by atoms with Crippen LogP contribution in [-0.2, 0) is 4.79 Å². The molecule has 0 aromatic heterocycles. The maximum atomic E-state index is 11.9. The van der Waals surface area contributed by atoms with E-state index >= 15 is 0 Å². The number of likely N-dealkylation sites (tertiary alicyclic amines) is 1. The second-order valence-corrected chi connectivity index (χ2v) is 6.61. The normalized spacial score (nSPS) is 23.3. The molecule has 1 atom stereocenters. The molecule has 4 heteroatoms. The summed E-state index contributed by atoms with van der Waals surface area (Å²) in [6, 6.07) is 0.522. The zero-order valence-electron chi connectivity index (χ0n) is 9.38. The van der Waals surface area contributed by atoms with Gasteiger partial charge in [0.1, 0.15) is 0 Å². The molecule has 1 fully saturated rings. The van der Waals surface area contributed by atoms with Gasteiger partial charge in [0.2, 0.25) is 5.91 Å². The smallest absolute Gasteiger partial charge is 0.238 e. The van der Waals surface area contributed by atoms with Gasteiger partial charge < -0.3 is 9.80 Å². The molecule has 82 valence electrons. The van der Waals surface area contributed by atoms with Crippen molar-refractivity contribution in [2.24, 2.45) is 0 Å². The summed E-state index contributed by atoms with van der Waals surface area (Å²) in [5.74, 6) is 0.196. The fraction of sp³-hybridized carbons (Fsp3) is 0.900. The lowest BCUT2D eigenvalue weighted by Crippen LogP contribution is -2.42. The number of likely N-dealkylation sites (N-methyl/N-ethyl adjacent to an activating group) is 1. The van der Waals surface area contributed by atoms with Crippen molar-refractivity contribution in [3.63, 3.8) is 0 Å². The molecule has 1 aliphatic rings. The first-order valence-electron chi connectivity index (χ1n) is 4.97. The Bertz CT molecular complexity index is 223. The number of halogens is 1. The summed E-state index contributed by atoms with van der Waals surface area (Å²) in [7, 11) is 4.13. The van der Waals surface area contributed by atoms with Gasteiger partial charge in [-0.2, -0.15) is 0 Å². The van der Waals surface area contributed by atoms with Crippen molar-refractivity contribution < 1.29 is 4.79 Å². The van der Waals surface area contributed by atoms with Gasteiger partial charge in [0, 0.05) is 19.1 Å². The van der Waals surface area contributed by atoms with Crippen LogP contribution in [0.3, 0.4) is 0 Å². The van der Waals surface area contributed by atoms with E-state index in [2.05, 4.69) is 34.9 Å². The Balaban J connectivity index is 2.54. The third kappa shape index (κ3) is 2.70. The highest BCUT2D eigenvalue weighted by molar-refractivity contribution is 9.10. The van der Waals surface area contributed by atoms with E-state index < -0.39 is 4.32 Å². The Morgan fingerprint density at radius 2 is 2.07 bits per heavy atom. The fourth-order valence-electron chi connectivity index (χ4n) is 1.72. The van der Waals surface area contributed by atoms with E-state index in [1.165, 1.54) is 0 Å². The van der Waals surface area contributed by atoms with Crippen LogP contribution in [0.4, 0.5) is 0 Å². The minimum absolute atomic E-state index is 0.196. The Hall–Kier alpha value is -0.0900. The first-order chi connectivity index (χ1) is 6.32. The van der Waals surface area contributed by atoms with Gasteiger partial charge in [-0.15, -0.1) is 0 Å². The van der Waals surface area contributed by atoms with Crippen LogP contribution >= 0.6 is 15.9 Å². The largest absolute Gasteiger partial charge is 0.340 e. The van der Waals surface area contributed by atoms with E-state index in [9.17, 15) is 4.79 Å². The minimum Gasteiger partial charge on any atom is -0.340 e. The molecule has 0 saturated carbocycles. The monoisotopic (exact) mass is 262 g/mol. The minimum atomic E-state index is -0.422. The Morgan fingerprint density at radius 1 is 1.50 bits per heavy atom. The lowest BCUT2D eigenvalue weighted by molar-refractivity contribution is -0.131.